The molecule has 1 aliphatic heterocycles. The number of likely N-dealkylation sites (N-methyl/N-ethyl adjacent to an activating group) is 1. The van der Waals surface area contributed by atoms with Gasteiger partial charge in [-0.25, -0.2) is 0 Å². The van der Waals surface area contributed by atoms with E-state index in [0.29, 0.717) is 0 Å². The number of nitrogens with zero attached hydrogens (tertiary/aromatic N) is 1. The summed E-state index contributed by atoms with van der Waals surface area (Å²) in [6.45, 7) is 4.67. The second-order valence-electron chi connectivity index (χ2n) is 2.66. The lowest BCUT2D eigenvalue weighted by atomic mass is 10.2. The molecule has 0 unspecified atom stereocenters. The van der Waals surface area contributed by atoms with Crippen molar-refractivity contribution < 1.29 is 17.3 Å². The van der Waals surface area contributed by atoms with E-state index in [4.69, 9.17) is 0 Å². The van der Waals surface area contributed by atoms with Crippen LogP contribution in [0.15, 0.2) is 36.6 Å². The monoisotopic (exact) mass is 208 g/mol. The molecule has 0 aromatic heterocycles. The molecule has 0 saturated heterocycles. The van der Waals surface area contributed by atoms with E-state index in [2.05, 4.69) is 29.8 Å². The van der Waals surface area contributed by atoms with E-state index in [0.717, 1.165) is 6.54 Å². The molecule has 0 radical (unpaired) electrons. The highest BCUT2D eigenvalue weighted by atomic mass is 19.5. The third-order valence-corrected chi connectivity index (χ3v) is 1.37. The Kier molecular flexibility index (Phi) is 5.05. The van der Waals surface area contributed by atoms with Crippen LogP contribution >= 0.6 is 0 Å². The summed E-state index contributed by atoms with van der Waals surface area (Å²) in [5.41, 5.74) is 1.22. The average molecular weight is 208 g/mol. The van der Waals surface area contributed by atoms with E-state index in [-0.39, 0.29) is 0 Å². The van der Waals surface area contributed by atoms with Crippen molar-refractivity contribution in [3.05, 3.63) is 36.6 Å². The Labute approximate surface area is 80.5 Å². The normalized spacial score (nSPS) is 15.5. The lowest BCUT2D eigenvalue weighted by Gasteiger charge is -2.14. The topological polar surface area (TPSA) is 3.24 Å². The fraction of sp³-hybridized carbons (Fsp3) is 0.250. The van der Waals surface area contributed by atoms with Gasteiger partial charge in [0.2, 0.25) is 0 Å². The third kappa shape index (κ3) is 8.90. The van der Waals surface area contributed by atoms with Gasteiger partial charge in [-0.3, -0.25) is 0 Å². The smallest absolute Gasteiger partial charge is 0.418 e. The number of rotatable bonds is 1. The minimum absolute atomic E-state index is 0.998. The van der Waals surface area contributed by atoms with Gasteiger partial charge in [-0.05, 0) is 17.8 Å². The highest BCUT2D eigenvalue weighted by Crippen LogP contribution is 2.06. The van der Waals surface area contributed by atoms with Crippen LogP contribution in [0.5, 0.6) is 0 Å². The zero-order chi connectivity index (χ0) is 11.2. The van der Waals surface area contributed by atoms with E-state index in [1.165, 1.54) is 5.57 Å². The fourth-order valence-corrected chi connectivity index (χ4v) is 0.743. The van der Waals surface area contributed by atoms with E-state index >= 15 is 0 Å². The van der Waals surface area contributed by atoms with Crippen molar-refractivity contribution in [3.63, 3.8) is 0 Å². The van der Waals surface area contributed by atoms with E-state index < -0.39 is 7.25 Å². The Hall–Kier alpha value is -1.20. The van der Waals surface area contributed by atoms with Crippen LogP contribution < -0.4 is 0 Å². The summed E-state index contributed by atoms with van der Waals surface area (Å²) in [7, 11) is -3.95. The molecule has 0 spiro atoms. The molecular weight excluding hydrogens is 197 g/mol. The van der Waals surface area contributed by atoms with Gasteiger partial charge >= 0.3 is 7.25 Å². The fourth-order valence-electron chi connectivity index (χ4n) is 0.743. The molecule has 80 valence electrons. The summed E-state index contributed by atoms with van der Waals surface area (Å²) in [6.07, 6.45) is 8.12. The Morgan fingerprint density at radius 2 is 1.93 bits per heavy atom. The van der Waals surface area contributed by atoms with Crippen molar-refractivity contribution in [2.45, 2.75) is 0 Å². The molecule has 0 saturated carbocycles. The van der Waals surface area contributed by atoms with Crippen molar-refractivity contribution in [2.75, 3.05) is 13.6 Å². The van der Waals surface area contributed by atoms with E-state index in [1.807, 2.05) is 13.1 Å². The SMILES string of the molecule is C=CC1=CCN(C)C=C1.F[B-](F)(F)F. The van der Waals surface area contributed by atoms with Crippen molar-refractivity contribution >= 4 is 7.25 Å². The van der Waals surface area contributed by atoms with Crippen LogP contribution in [0, 0.1) is 0 Å². The number of allylic oxidation sites excluding steroid dienone is 3. The standard InChI is InChI=1S/C8H11N.BF4/c1-3-8-4-6-9(2)7-5-8;2-1(3,4)5/h3-6H,1,7H2,2H3;/q;-1. The predicted molar refractivity (Wildman–Crippen MR) is 50.2 cm³/mol. The summed E-state index contributed by atoms with van der Waals surface area (Å²) in [4.78, 5) is 2.12. The van der Waals surface area contributed by atoms with Crippen LogP contribution in [0.25, 0.3) is 0 Å². The van der Waals surface area contributed by atoms with Crippen molar-refractivity contribution in [1.29, 1.82) is 0 Å². The van der Waals surface area contributed by atoms with Crippen LogP contribution in [-0.4, -0.2) is 25.7 Å². The molecule has 0 aromatic rings. The zero-order valence-electron chi connectivity index (χ0n) is 7.76. The molecule has 0 amide bonds. The molecule has 1 rings (SSSR count). The predicted octanol–water partition coefficient (Wildman–Crippen LogP) is 2.86. The second-order valence-corrected chi connectivity index (χ2v) is 2.66. The largest absolute Gasteiger partial charge is 0.673 e. The lowest BCUT2D eigenvalue weighted by Crippen LogP contribution is -2.12. The van der Waals surface area contributed by atoms with Gasteiger partial charge in [-0.1, -0.05) is 18.7 Å². The first kappa shape index (κ1) is 12.8. The molecule has 1 aliphatic rings. The van der Waals surface area contributed by atoms with Gasteiger partial charge < -0.3 is 22.2 Å². The third-order valence-electron chi connectivity index (χ3n) is 1.37. The molecular formula is C8H11BF4N-. The molecule has 0 aromatic carbocycles. The molecule has 14 heavy (non-hydrogen) atoms. The molecule has 1 heterocycles. The maximum atomic E-state index is 9.75. The van der Waals surface area contributed by atoms with Crippen LogP contribution in [0.3, 0.4) is 0 Å². The quantitative estimate of drug-likeness (QED) is 0.473. The average Bonchev–Trinajstić information content (AvgIpc) is 2.03. The molecule has 0 aliphatic carbocycles. The van der Waals surface area contributed by atoms with Crippen molar-refractivity contribution in [3.8, 4) is 0 Å². The van der Waals surface area contributed by atoms with Crippen LogP contribution in [0.2, 0.25) is 0 Å². The summed E-state index contributed by atoms with van der Waals surface area (Å²) < 4.78 is 39.0. The first-order valence-electron chi connectivity index (χ1n) is 3.91. The molecule has 1 nitrogen and oxygen atoms in total. The summed E-state index contributed by atoms with van der Waals surface area (Å²) in [5.74, 6) is 0. The van der Waals surface area contributed by atoms with Gasteiger partial charge in [0.05, 0.1) is 0 Å². The van der Waals surface area contributed by atoms with Crippen LogP contribution in [-0.2, 0) is 0 Å². The Morgan fingerprint density at radius 1 is 1.43 bits per heavy atom. The Bertz CT molecular complexity index is 238. The van der Waals surface area contributed by atoms with Crippen LogP contribution in [0.1, 0.15) is 0 Å². The first-order valence-corrected chi connectivity index (χ1v) is 3.91. The van der Waals surface area contributed by atoms with Crippen molar-refractivity contribution in [2.24, 2.45) is 0 Å². The minimum Gasteiger partial charge on any atom is -0.418 e. The Morgan fingerprint density at radius 3 is 2.21 bits per heavy atom. The maximum absolute atomic E-state index is 9.75. The highest BCUT2D eigenvalue weighted by Gasteiger charge is 2.20. The highest BCUT2D eigenvalue weighted by molar-refractivity contribution is 6.50. The number of hydrogen-bond acceptors (Lipinski definition) is 1. The maximum Gasteiger partial charge on any atom is 0.673 e. The van der Waals surface area contributed by atoms with Gasteiger partial charge in [0, 0.05) is 13.6 Å². The summed E-state index contributed by atoms with van der Waals surface area (Å²) in [6, 6.07) is 0. The molecule has 0 bridgehead atoms. The second kappa shape index (κ2) is 5.52. The molecule has 0 N–H and O–H groups in total. The molecule has 0 fully saturated rings. The van der Waals surface area contributed by atoms with Gasteiger partial charge in [0.25, 0.3) is 0 Å². The van der Waals surface area contributed by atoms with E-state index in [1.54, 1.807) is 0 Å². The number of hydrogen-bond donors (Lipinski definition) is 0. The van der Waals surface area contributed by atoms with Crippen LogP contribution in [0.4, 0.5) is 17.3 Å². The molecule has 6 heteroatoms. The number of halogens is 4. The zero-order valence-corrected chi connectivity index (χ0v) is 7.76. The lowest BCUT2D eigenvalue weighted by molar-refractivity contribution is 0.368. The Balaban J connectivity index is 0.000000292. The minimum atomic E-state index is -6.00. The van der Waals surface area contributed by atoms with Gasteiger partial charge in [-0.15, -0.1) is 0 Å². The van der Waals surface area contributed by atoms with Gasteiger partial charge in [0.15, 0.2) is 0 Å². The van der Waals surface area contributed by atoms with Gasteiger partial charge in [-0.2, -0.15) is 0 Å². The summed E-state index contributed by atoms with van der Waals surface area (Å²) in [5, 5.41) is 0. The van der Waals surface area contributed by atoms with Gasteiger partial charge in [0.1, 0.15) is 0 Å². The molecule has 0 atom stereocenters. The van der Waals surface area contributed by atoms with Crippen molar-refractivity contribution in [1.82, 2.24) is 4.90 Å². The first-order chi connectivity index (χ1) is 6.33. The summed E-state index contributed by atoms with van der Waals surface area (Å²) >= 11 is 0. The van der Waals surface area contributed by atoms with E-state index in [9.17, 15) is 17.3 Å².